The summed E-state index contributed by atoms with van der Waals surface area (Å²) in [5, 5.41) is 0. The van der Waals surface area contributed by atoms with Crippen LogP contribution in [0.3, 0.4) is 0 Å². The van der Waals surface area contributed by atoms with E-state index < -0.39 is 0 Å². The number of rotatable bonds is 8. The van der Waals surface area contributed by atoms with Crippen molar-refractivity contribution < 1.29 is 38.0 Å². The minimum Gasteiger partial charge on any atom is -0.493 e. The number of carbonyl (C=O) groups is 2. The van der Waals surface area contributed by atoms with Gasteiger partial charge in [-0.25, -0.2) is 0 Å². The average molecular weight is 475 g/mol. The highest BCUT2D eigenvalue weighted by molar-refractivity contribution is 6.00. The van der Waals surface area contributed by atoms with Gasteiger partial charge in [0, 0.05) is 26.2 Å². The molecule has 0 bridgehead atoms. The Balaban J connectivity index is 1.78. The van der Waals surface area contributed by atoms with Crippen LogP contribution in [0.25, 0.3) is 0 Å². The lowest BCUT2D eigenvalue weighted by atomic mass is 10.1. The van der Waals surface area contributed by atoms with Crippen molar-refractivity contribution in [1.82, 2.24) is 9.80 Å². The Morgan fingerprint density at radius 3 is 1.12 bits per heavy atom. The van der Waals surface area contributed by atoms with Gasteiger partial charge in [0.25, 0.3) is 11.8 Å². The van der Waals surface area contributed by atoms with Gasteiger partial charge in [0.1, 0.15) is 0 Å². The molecule has 0 radical (unpaired) electrons. The van der Waals surface area contributed by atoms with E-state index in [1.54, 1.807) is 34.1 Å². The zero-order chi connectivity index (χ0) is 24.8. The molecule has 0 aliphatic carbocycles. The number of ether oxygens (including phenoxy) is 6. The number of methoxy groups -OCH3 is 6. The first-order chi connectivity index (χ1) is 16.4. The second-order valence-corrected chi connectivity index (χ2v) is 7.35. The third-order valence-electron chi connectivity index (χ3n) is 5.72. The van der Waals surface area contributed by atoms with E-state index >= 15 is 0 Å². The van der Waals surface area contributed by atoms with E-state index in [0.717, 1.165) is 0 Å². The summed E-state index contributed by atoms with van der Waals surface area (Å²) in [6, 6.07) is 6.62. The van der Waals surface area contributed by atoms with Crippen molar-refractivity contribution in [3.8, 4) is 34.5 Å². The van der Waals surface area contributed by atoms with E-state index in [4.69, 9.17) is 28.4 Å². The van der Waals surface area contributed by atoms with Gasteiger partial charge in [0.15, 0.2) is 23.0 Å². The van der Waals surface area contributed by atoms with Crippen LogP contribution in [0.5, 0.6) is 34.5 Å². The predicted molar refractivity (Wildman–Crippen MR) is 124 cm³/mol. The maximum absolute atomic E-state index is 13.2. The van der Waals surface area contributed by atoms with Gasteiger partial charge in [-0.15, -0.1) is 0 Å². The van der Waals surface area contributed by atoms with Gasteiger partial charge < -0.3 is 38.2 Å². The Bertz CT molecular complexity index is 964. The number of hydrogen-bond donors (Lipinski definition) is 0. The highest BCUT2D eigenvalue weighted by atomic mass is 16.5. The standard InChI is InChI=1S/C24H30N2O8/c1-29-17-9-7-15(19(31-3)21(17)33-5)23(27)25-11-13-26(14-12-25)24(28)16-8-10-18(30-2)22(34-6)20(16)32-4/h7-10H,11-14H2,1-6H3. The molecule has 0 atom stereocenters. The minimum absolute atomic E-state index is 0.214. The smallest absolute Gasteiger partial charge is 0.257 e. The average Bonchev–Trinajstić information content (AvgIpc) is 2.90. The molecular weight excluding hydrogens is 444 g/mol. The molecule has 10 heteroatoms. The number of benzene rings is 2. The minimum atomic E-state index is -0.214. The molecule has 1 aliphatic rings. The van der Waals surface area contributed by atoms with Crippen LogP contribution in [-0.4, -0.2) is 90.5 Å². The Morgan fingerprint density at radius 1 is 0.529 bits per heavy atom. The van der Waals surface area contributed by atoms with Crippen molar-refractivity contribution >= 4 is 11.8 Å². The number of amides is 2. The predicted octanol–water partition coefficient (Wildman–Crippen LogP) is 2.34. The summed E-state index contributed by atoms with van der Waals surface area (Å²) in [6.07, 6.45) is 0. The van der Waals surface area contributed by atoms with Crippen molar-refractivity contribution in [3.05, 3.63) is 35.4 Å². The van der Waals surface area contributed by atoms with E-state index in [-0.39, 0.29) is 11.8 Å². The third kappa shape index (κ3) is 4.48. The lowest BCUT2D eigenvalue weighted by Crippen LogP contribution is -2.50. The van der Waals surface area contributed by atoms with Crippen molar-refractivity contribution in [3.63, 3.8) is 0 Å². The van der Waals surface area contributed by atoms with E-state index in [2.05, 4.69) is 0 Å². The number of piperazine rings is 1. The largest absolute Gasteiger partial charge is 0.493 e. The third-order valence-corrected chi connectivity index (χ3v) is 5.72. The number of carbonyl (C=O) groups excluding carboxylic acids is 2. The van der Waals surface area contributed by atoms with E-state index in [1.165, 1.54) is 42.7 Å². The highest BCUT2D eigenvalue weighted by Gasteiger charge is 2.31. The Labute approximate surface area is 198 Å². The van der Waals surface area contributed by atoms with Gasteiger partial charge in [-0.2, -0.15) is 0 Å². The summed E-state index contributed by atoms with van der Waals surface area (Å²) in [5.74, 6) is 1.82. The lowest BCUT2D eigenvalue weighted by molar-refractivity contribution is 0.0531. The van der Waals surface area contributed by atoms with Crippen LogP contribution in [0.1, 0.15) is 20.7 Å². The molecule has 1 saturated heterocycles. The van der Waals surface area contributed by atoms with Crippen LogP contribution in [0.15, 0.2) is 24.3 Å². The summed E-state index contributed by atoms with van der Waals surface area (Å²) in [6.45, 7) is 1.44. The van der Waals surface area contributed by atoms with Crippen LogP contribution < -0.4 is 28.4 Å². The molecule has 0 N–H and O–H groups in total. The highest BCUT2D eigenvalue weighted by Crippen LogP contribution is 2.41. The van der Waals surface area contributed by atoms with E-state index in [0.29, 0.717) is 71.8 Å². The second kappa shape index (κ2) is 10.9. The Kier molecular flexibility index (Phi) is 7.93. The molecule has 184 valence electrons. The van der Waals surface area contributed by atoms with Gasteiger partial charge in [0.05, 0.1) is 53.8 Å². The van der Waals surface area contributed by atoms with Gasteiger partial charge in [-0.1, -0.05) is 0 Å². The first kappa shape index (κ1) is 24.8. The summed E-state index contributed by atoms with van der Waals surface area (Å²) in [5.41, 5.74) is 0.725. The van der Waals surface area contributed by atoms with Crippen LogP contribution in [0, 0.1) is 0 Å². The molecule has 1 fully saturated rings. The molecule has 0 saturated carbocycles. The molecule has 3 rings (SSSR count). The molecule has 0 aromatic heterocycles. The first-order valence-electron chi connectivity index (χ1n) is 10.6. The zero-order valence-corrected chi connectivity index (χ0v) is 20.3. The maximum Gasteiger partial charge on any atom is 0.257 e. The fraction of sp³-hybridized carbons (Fsp3) is 0.417. The molecule has 1 aliphatic heterocycles. The fourth-order valence-electron chi connectivity index (χ4n) is 3.99. The van der Waals surface area contributed by atoms with Crippen LogP contribution in [-0.2, 0) is 0 Å². The normalized spacial score (nSPS) is 13.2. The van der Waals surface area contributed by atoms with Crippen LogP contribution in [0.4, 0.5) is 0 Å². The topological polar surface area (TPSA) is 96.0 Å². The second-order valence-electron chi connectivity index (χ2n) is 7.35. The Morgan fingerprint density at radius 2 is 0.853 bits per heavy atom. The molecule has 0 unspecified atom stereocenters. The Hall–Kier alpha value is -3.82. The molecule has 2 aromatic rings. The van der Waals surface area contributed by atoms with Crippen LogP contribution >= 0.6 is 0 Å². The summed E-state index contributed by atoms with van der Waals surface area (Å²) >= 11 is 0. The molecule has 2 aromatic carbocycles. The summed E-state index contributed by atoms with van der Waals surface area (Å²) in [4.78, 5) is 29.8. The summed E-state index contributed by atoms with van der Waals surface area (Å²) in [7, 11) is 8.95. The molecule has 0 spiro atoms. The van der Waals surface area contributed by atoms with Crippen molar-refractivity contribution in [2.45, 2.75) is 0 Å². The van der Waals surface area contributed by atoms with Gasteiger partial charge in [0.2, 0.25) is 11.5 Å². The molecule has 1 heterocycles. The first-order valence-corrected chi connectivity index (χ1v) is 10.6. The quantitative estimate of drug-likeness (QED) is 0.575. The molecule has 34 heavy (non-hydrogen) atoms. The lowest BCUT2D eigenvalue weighted by Gasteiger charge is -2.35. The van der Waals surface area contributed by atoms with E-state index in [9.17, 15) is 9.59 Å². The van der Waals surface area contributed by atoms with E-state index in [1.807, 2.05) is 0 Å². The maximum atomic E-state index is 13.2. The number of hydrogen-bond acceptors (Lipinski definition) is 8. The van der Waals surface area contributed by atoms with Gasteiger partial charge >= 0.3 is 0 Å². The molecule has 10 nitrogen and oxygen atoms in total. The number of nitrogens with zero attached hydrogens (tertiary/aromatic N) is 2. The zero-order valence-electron chi connectivity index (χ0n) is 20.3. The molecule has 2 amide bonds. The van der Waals surface area contributed by atoms with Crippen molar-refractivity contribution in [2.75, 3.05) is 68.8 Å². The van der Waals surface area contributed by atoms with Crippen LogP contribution in [0.2, 0.25) is 0 Å². The fourth-order valence-corrected chi connectivity index (χ4v) is 3.99. The van der Waals surface area contributed by atoms with Gasteiger partial charge in [-0.3, -0.25) is 9.59 Å². The monoisotopic (exact) mass is 474 g/mol. The van der Waals surface area contributed by atoms with Crippen molar-refractivity contribution in [2.24, 2.45) is 0 Å². The summed E-state index contributed by atoms with van der Waals surface area (Å²) < 4.78 is 32.3. The SMILES string of the molecule is COc1ccc(C(=O)N2CCN(C(=O)c3ccc(OC)c(OC)c3OC)CC2)c(OC)c1OC. The van der Waals surface area contributed by atoms with Crippen molar-refractivity contribution in [1.29, 1.82) is 0 Å². The molecular formula is C24H30N2O8. The van der Waals surface area contributed by atoms with Gasteiger partial charge in [-0.05, 0) is 24.3 Å².